The summed E-state index contributed by atoms with van der Waals surface area (Å²) in [5.41, 5.74) is 1.27. The Morgan fingerprint density at radius 2 is 1.86 bits per heavy atom. The summed E-state index contributed by atoms with van der Waals surface area (Å²) in [5.74, 6) is 2.19. The predicted molar refractivity (Wildman–Crippen MR) is 88.6 cm³/mol. The van der Waals surface area contributed by atoms with E-state index in [1.54, 1.807) is 0 Å². The van der Waals surface area contributed by atoms with Crippen LogP contribution < -0.4 is 10.1 Å². The zero-order valence-corrected chi connectivity index (χ0v) is 13.8. The van der Waals surface area contributed by atoms with Crippen molar-refractivity contribution in [2.24, 2.45) is 11.8 Å². The molecule has 0 aliphatic heterocycles. The van der Waals surface area contributed by atoms with E-state index in [-0.39, 0.29) is 6.61 Å². The number of rotatable bonds is 11. The molecule has 1 unspecified atom stereocenters. The van der Waals surface area contributed by atoms with Crippen LogP contribution in [0.15, 0.2) is 24.3 Å². The Balaban J connectivity index is 2.27. The Kier molecular flexibility index (Phi) is 9.11. The van der Waals surface area contributed by atoms with Gasteiger partial charge in [0.05, 0.1) is 6.61 Å². The molecule has 3 heteroatoms. The Hall–Kier alpha value is -1.06. The minimum atomic E-state index is 0.280. The van der Waals surface area contributed by atoms with Crippen LogP contribution in [0.4, 0.5) is 0 Å². The van der Waals surface area contributed by atoms with Crippen molar-refractivity contribution < 1.29 is 9.84 Å². The molecular weight excluding hydrogens is 262 g/mol. The summed E-state index contributed by atoms with van der Waals surface area (Å²) in [7, 11) is 0. The van der Waals surface area contributed by atoms with E-state index >= 15 is 0 Å². The molecule has 1 atom stereocenters. The molecule has 1 rings (SSSR count). The Morgan fingerprint density at radius 1 is 1.14 bits per heavy atom. The second-order valence-electron chi connectivity index (χ2n) is 6.09. The third-order valence-electron chi connectivity index (χ3n) is 3.76. The van der Waals surface area contributed by atoms with Gasteiger partial charge in [0.2, 0.25) is 0 Å². The van der Waals surface area contributed by atoms with E-state index in [0.29, 0.717) is 11.8 Å². The Morgan fingerprint density at radius 3 is 2.43 bits per heavy atom. The molecule has 0 saturated heterocycles. The zero-order chi connectivity index (χ0) is 15.5. The number of hydrogen-bond acceptors (Lipinski definition) is 3. The molecule has 120 valence electrons. The van der Waals surface area contributed by atoms with Crippen molar-refractivity contribution in [1.29, 1.82) is 0 Å². The van der Waals surface area contributed by atoms with E-state index in [4.69, 9.17) is 9.84 Å². The van der Waals surface area contributed by atoms with Gasteiger partial charge in [0.1, 0.15) is 5.75 Å². The monoisotopic (exact) mass is 293 g/mol. The normalized spacial score (nSPS) is 12.6. The molecule has 1 aromatic carbocycles. The molecule has 2 N–H and O–H groups in total. The number of benzene rings is 1. The van der Waals surface area contributed by atoms with Crippen LogP contribution in [0.5, 0.6) is 5.75 Å². The van der Waals surface area contributed by atoms with Gasteiger partial charge in [-0.1, -0.05) is 39.3 Å². The fraction of sp³-hybridized carbons (Fsp3) is 0.667. The summed E-state index contributed by atoms with van der Waals surface area (Å²) < 4.78 is 5.72. The summed E-state index contributed by atoms with van der Waals surface area (Å²) in [4.78, 5) is 0. The van der Waals surface area contributed by atoms with Gasteiger partial charge in [-0.25, -0.2) is 0 Å². The van der Waals surface area contributed by atoms with Crippen molar-refractivity contribution in [3.63, 3.8) is 0 Å². The van der Waals surface area contributed by atoms with E-state index in [1.165, 1.54) is 5.56 Å². The first kappa shape index (κ1) is 18.0. The Bertz CT molecular complexity index is 362. The highest BCUT2D eigenvalue weighted by molar-refractivity contribution is 5.27. The second kappa shape index (κ2) is 10.6. The first-order chi connectivity index (χ1) is 10.2. The van der Waals surface area contributed by atoms with Crippen LogP contribution in [0.3, 0.4) is 0 Å². The SMILES string of the molecule is CCC(CCO)CNCc1ccc(OCCC(C)C)cc1. The van der Waals surface area contributed by atoms with Crippen molar-refractivity contribution in [3.8, 4) is 5.75 Å². The van der Waals surface area contributed by atoms with Crippen molar-refractivity contribution in [2.75, 3.05) is 19.8 Å². The van der Waals surface area contributed by atoms with Gasteiger partial charge < -0.3 is 15.2 Å². The molecule has 21 heavy (non-hydrogen) atoms. The van der Waals surface area contributed by atoms with Gasteiger partial charge in [0, 0.05) is 13.2 Å². The van der Waals surface area contributed by atoms with Crippen molar-refractivity contribution in [2.45, 2.75) is 46.6 Å². The lowest BCUT2D eigenvalue weighted by Crippen LogP contribution is -2.22. The molecular formula is C18H31NO2. The quantitative estimate of drug-likeness (QED) is 0.655. The summed E-state index contributed by atoms with van der Waals surface area (Å²) in [5, 5.41) is 12.4. The van der Waals surface area contributed by atoms with Crippen molar-refractivity contribution >= 4 is 0 Å². The average molecular weight is 293 g/mol. The van der Waals surface area contributed by atoms with E-state index in [1.807, 2.05) is 12.1 Å². The number of nitrogens with one attached hydrogen (secondary N) is 1. The lowest BCUT2D eigenvalue weighted by Gasteiger charge is -2.14. The maximum atomic E-state index is 8.98. The molecule has 3 nitrogen and oxygen atoms in total. The minimum Gasteiger partial charge on any atom is -0.494 e. The molecule has 0 aliphatic carbocycles. The van der Waals surface area contributed by atoms with E-state index in [0.717, 1.165) is 44.7 Å². The summed E-state index contributed by atoms with van der Waals surface area (Å²) in [6, 6.07) is 8.32. The van der Waals surface area contributed by atoms with Crippen LogP contribution in [0, 0.1) is 11.8 Å². The van der Waals surface area contributed by atoms with Gasteiger partial charge in [-0.15, -0.1) is 0 Å². The van der Waals surface area contributed by atoms with Crippen LogP contribution in [0.1, 0.15) is 45.6 Å². The Labute approximate surface area is 129 Å². The summed E-state index contributed by atoms with van der Waals surface area (Å²) in [6.45, 7) is 9.48. The third kappa shape index (κ3) is 8.08. The van der Waals surface area contributed by atoms with Crippen LogP contribution >= 0.6 is 0 Å². The molecule has 0 heterocycles. The molecule has 0 fully saturated rings. The highest BCUT2D eigenvalue weighted by Gasteiger charge is 2.04. The van der Waals surface area contributed by atoms with Gasteiger partial charge in [0.25, 0.3) is 0 Å². The number of aliphatic hydroxyl groups excluding tert-OH is 1. The molecule has 0 aromatic heterocycles. The van der Waals surface area contributed by atoms with Crippen LogP contribution in [0.2, 0.25) is 0 Å². The predicted octanol–water partition coefficient (Wildman–Crippen LogP) is 3.61. The van der Waals surface area contributed by atoms with E-state index < -0.39 is 0 Å². The maximum absolute atomic E-state index is 8.98. The fourth-order valence-electron chi connectivity index (χ4n) is 2.17. The number of aliphatic hydroxyl groups is 1. The smallest absolute Gasteiger partial charge is 0.119 e. The van der Waals surface area contributed by atoms with Gasteiger partial charge in [-0.3, -0.25) is 0 Å². The van der Waals surface area contributed by atoms with E-state index in [9.17, 15) is 0 Å². The first-order valence-electron chi connectivity index (χ1n) is 8.19. The summed E-state index contributed by atoms with van der Waals surface area (Å²) in [6.07, 6.45) is 3.08. The lowest BCUT2D eigenvalue weighted by atomic mass is 10.0. The largest absolute Gasteiger partial charge is 0.494 e. The fourth-order valence-corrected chi connectivity index (χ4v) is 2.17. The highest BCUT2D eigenvalue weighted by Crippen LogP contribution is 2.13. The van der Waals surface area contributed by atoms with Crippen molar-refractivity contribution in [3.05, 3.63) is 29.8 Å². The number of hydrogen-bond donors (Lipinski definition) is 2. The first-order valence-corrected chi connectivity index (χ1v) is 8.19. The topological polar surface area (TPSA) is 41.5 Å². The van der Waals surface area contributed by atoms with E-state index in [2.05, 4.69) is 38.2 Å². The third-order valence-corrected chi connectivity index (χ3v) is 3.76. The average Bonchev–Trinajstić information content (AvgIpc) is 2.47. The van der Waals surface area contributed by atoms with Gasteiger partial charge in [-0.05, 0) is 48.9 Å². The van der Waals surface area contributed by atoms with Gasteiger partial charge in [0.15, 0.2) is 0 Å². The molecule has 0 bridgehead atoms. The molecule has 0 spiro atoms. The van der Waals surface area contributed by atoms with Crippen LogP contribution in [-0.2, 0) is 6.54 Å². The molecule has 0 amide bonds. The van der Waals surface area contributed by atoms with Gasteiger partial charge >= 0.3 is 0 Å². The number of ether oxygens (including phenoxy) is 1. The van der Waals surface area contributed by atoms with Crippen LogP contribution in [-0.4, -0.2) is 24.9 Å². The maximum Gasteiger partial charge on any atom is 0.119 e. The molecule has 1 aromatic rings. The second-order valence-corrected chi connectivity index (χ2v) is 6.09. The minimum absolute atomic E-state index is 0.280. The molecule has 0 radical (unpaired) electrons. The zero-order valence-electron chi connectivity index (χ0n) is 13.8. The summed E-state index contributed by atoms with van der Waals surface area (Å²) >= 11 is 0. The standard InChI is InChI=1S/C18H31NO2/c1-4-16(9-11-20)13-19-14-17-5-7-18(8-6-17)21-12-10-15(2)3/h5-8,15-16,19-20H,4,9-14H2,1-3H3. The van der Waals surface area contributed by atoms with Crippen LogP contribution in [0.25, 0.3) is 0 Å². The lowest BCUT2D eigenvalue weighted by molar-refractivity contribution is 0.251. The molecule has 0 aliphatic rings. The molecule has 0 saturated carbocycles. The van der Waals surface area contributed by atoms with Gasteiger partial charge in [-0.2, -0.15) is 0 Å². The highest BCUT2D eigenvalue weighted by atomic mass is 16.5. The van der Waals surface area contributed by atoms with Crippen molar-refractivity contribution in [1.82, 2.24) is 5.32 Å².